The normalized spacial score (nSPS) is 14.3. The van der Waals surface area contributed by atoms with E-state index in [1.54, 1.807) is 14.2 Å². The number of aryl methyl sites for hydroxylation is 2. The molecule has 0 aliphatic heterocycles. The lowest BCUT2D eigenvalue weighted by atomic mass is 9.92. The molecule has 0 amide bonds. The third-order valence-corrected chi connectivity index (χ3v) is 6.86. The van der Waals surface area contributed by atoms with E-state index in [9.17, 15) is 0 Å². The SMILES string of the molecule is CCCN(CC(c1ccc(COC)cc1)C1CC1)c1nc(C)n(-c2cc(C)c(OC)cc2Cl)n1. The first-order valence-electron chi connectivity index (χ1n) is 12.1. The maximum atomic E-state index is 6.59. The average molecular weight is 483 g/mol. The lowest BCUT2D eigenvalue weighted by Crippen LogP contribution is -2.31. The first-order chi connectivity index (χ1) is 16.4. The van der Waals surface area contributed by atoms with E-state index in [4.69, 9.17) is 31.2 Å². The van der Waals surface area contributed by atoms with Crippen LogP contribution in [0.2, 0.25) is 5.02 Å². The van der Waals surface area contributed by atoms with Gasteiger partial charge in [0.1, 0.15) is 11.6 Å². The van der Waals surface area contributed by atoms with Gasteiger partial charge in [-0.05, 0) is 61.8 Å². The molecule has 2 aromatic carbocycles. The number of aromatic nitrogens is 3. The van der Waals surface area contributed by atoms with Gasteiger partial charge < -0.3 is 14.4 Å². The van der Waals surface area contributed by atoms with Crippen molar-refractivity contribution < 1.29 is 9.47 Å². The predicted octanol–water partition coefficient (Wildman–Crippen LogP) is 6.10. The Hall–Kier alpha value is -2.57. The first-order valence-corrected chi connectivity index (χ1v) is 12.4. The van der Waals surface area contributed by atoms with Gasteiger partial charge in [-0.15, -0.1) is 5.10 Å². The number of anilines is 1. The fourth-order valence-corrected chi connectivity index (χ4v) is 4.84. The minimum absolute atomic E-state index is 0.460. The van der Waals surface area contributed by atoms with Crippen molar-refractivity contribution in [1.82, 2.24) is 14.8 Å². The van der Waals surface area contributed by atoms with Gasteiger partial charge in [-0.3, -0.25) is 0 Å². The molecule has 6 nitrogen and oxygen atoms in total. The molecule has 7 heteroatoms. The molecular formula is C27H35ClN4O2. The first kappa shape index (κ1) is 24.6. The van der Waals surface area contributed by atoms with E-state index in [-0.39, 0.29) is 0 Å². The molecule has 1 heterocycles. The summed E-state index contributed by atoms with van der Waals surface area (Å²) >= 11 is 6.59. The fourth-order valence-electron chi connectivity index (χ4n) is 4.60. The van der Waals surface area contributed by atoms with E-state index in [0.717, 1.165) is 54.2 Å². The van der Waals surface area contributed by atoms with Crippen molar-refractivity contribution in [1.29, 1.82) is 0 Å². The molecule has 1 saturated carbocycles. The van der Waals surface area contributed by atoms with Gasteiger partial charge in [0.2, 0.25) is 5.95 Å². The summed E-state index contributed by atoms with van der Waals surface area (Å²) in [6, 6.07) is 12.7. The zero-order valence-electron chi connectivity index (χ0n) is 20.8. The summed E-state index contributed by atoms with van der Waals surface area (Å²) < 4.78 is 12.5. The summed E-state index contributed by atoms with van der Waals surface area (Å²) in [7, 11) is 3.39. The van der Waals surface area contributed by atoms with Crippen molar-refractivity contribution in [3.63, 3.8) is 0 Å². The van der Waals surface area contributed by atoms with Crippen LogP contribution in [-0.2, 0) is 11.3 Å². The van der Waals surface area contributed by atoms with E-state index >= 15 is 0 Å². The lowest BCUT2D eigenvalue weighted by Gasteiger charge is -2.27. The van der Waals surface area contributed by atoms with E-state index < -0.39 is 0 Å². The molecule has 0 saturated heterocycles. The van der Waals surface area contributed by atoms with Gasteiger partial charge in [-0.1, -0.05) is 42.8 Å². The second kappa shape index (κ2) is 10.8. The minimum Gasteiger partial charge on any atom is -0.496 e. The molecule has 182 valence electrons. The number of rotatable bonds is 11. The second-order valence-electron chi connectivity index (χ2n) is 9.21. The number of halogens is 1. The topological polar surface area (TPSA) is 52.4 Å². The Morgan fingerprint density at radius 1 is 1.15 bits per heavy atom. The van der Waals surface area contributed by atoms with Gasteiger partial charge in [0.15, 0.2) is 0 Å². The van der Waals surface area contributed by atoms with Crippen molar-refractivity contribution >= 4 is 17.5 Å². The molecule has 1 aromatic heterocycles. The van der Waals surface area contributed by atoms with Gasteiger partial charge >= 0.3 is 0 Å². The van der Waals surface area contributed by atoms with Crippen LogP contribution in [0.15, 0.2) is 36.4 Å². The summed E-state index contributed by atoms with van der Waals surface area (Å²) in [6.07, 6.45) is 3.60. The highest BCUT2D eigenvalue weighted by atomic mass is 35.5. The molecule has 0 spiro atoms. The van der Waals surface area contributed by atoms with Crippen LogP contribution < -0.4 is 9.64 Å². The summed E-state index contributed by atoms with van der Waals surface area (Å²) in [5, 5.41) is 5.50. The molecule has 1 fully saturated rings. The van der Waals surface area contributed by atoms with Gasteiger partial charge in [-0.2, -0.15) is 4.98 Å². The number of hydrogen-bond donors (Lipinski definition) is 0. The highest BCUT2D eigenvalue weighted by Gasteiger charge is 2.34. The van der Waals surface area contributed by atoms with E-state index in [2.05, 4.69) is 36.1 Å². The maximum Gasteiger partial charge on any atom is 0.245 e. The molecule has 0 radical (unpaired) electrons. The van der Waals surface area contributed by atoms with Crippen molar-refractivity contribution in [3.05, 3.63) is 63.9 Å². The van der Waals surface area contributed by atoms with E-state index in [0.29, 0.717) is 17.5 Å². The summed E-state index contributed by atoms with van der Waals surface area (Å²) in [4.78, 5) is 7.19. The third-order valence-electron chi connectivity index (χ3n) is 6.55. The fraction of sp³-hybridized carbons (Fsp3) is 0.481. The number of benzene rings is 2. The second-order valence-corrected chi connectivity index (χ2v) is 9.62. The molecule has 1 aliphatic rings. The van der Waals surface area contributed by atoms with Crippen molar-refractivity contribution in [2.45, 2.75) is 52.6 Å². The van der Waals surface area contributed by atoms with Crippen LogP contribution in [0.4, 0.5) is 5.95 Å². The quantitative estimate of drug-likeness (QED) is 0.330. The molecule has 1 unspecified atom stereocenters. The molecule has 1 aliphatic carbocycles. The van der Waals surface area contributed by atoms with Crippen molar-refractivity contribution in [2.75, 3.05) is 32.2 Å². The van der Waals surface area contributed by atoms with Crippen LogP contribution in [0, 0.1) is 19.8 Å². The van der Waals surface area contributed by atoms with Gasteiger partial charge in [0, 0.05) is 32.2 Å². The highest BCUT2D eigenvalue weighted by Crippen LogP contribution is 2.43. The molecule has 1 atom stereocenters. The number of nitrogens with zero attached hydrogens (tertiary/aromatic N) is 4. The molecule has 0 bridgehead atoms. The summed E-state index contributed by atoms with van der Waals surface area (Å²) in [6.45, 7) is 8.64. The number of hydrogen-bond acceptors (Lipinski definition) is 5. The molecule has 3 aromatic rings. The van der Waals surface area contributed by atoms with Crippen molar-refractivity contribution in [3.8, 4) is 11.4 Å². The van der Waals surface area contributed by atoms with E-state index in [1.807, 2.05) is 30.7 Å². The predicted molar refractivity (Wildman–Crippen MR) is 138 cm³/mol. The van der Waals surface area contributed by atoms with E-state index in [1.165, 1.54) is 24.0 Å². The Morgan fingerprint density at radius 3 is 2.50 bits per heavy atom. The monoisotopic (exact) mass is 482 g/mol. The third kappa shape index (κ3) is 5.39. The molecule has 4 rings (SSSR count). The summed E-state index contributed by atoms with van der Waals surface area (Å²) in [5.41, 5.74) is 4.41. The number of methoxy groups -OCH3 is 2. The van der Waals surface area contributed by atoms with Crippen LogP contribution in [0.3, 0.4) is 0 Å². The van der Waals surface area contributed by atoms with Crippen LogP contribution in [0.5, 0.6) is 5.75 Å². The largest absolute Gasteiger partial charge is 0.496 e. The molecular weight excluding hydrogens is 448 g/mol. The van der Waals surface area contributed by atoms with Gasteiger partial charge in [-0.25, -0.2) is 4.68 Å². The van der Waals surface area contributed by atoms with Gasteiger partial charge in [0.05, 0.1) is 24.4 Å². The zero-order valence-corrected chi connectivity index (χ0v) is 21.6. The Balaban J connectivity index is 1.62. The highest BCUT2D eigenvalue weighted by molar-refractivity contribution is 6.32. The summed E-state index contributed by atoms with van der Waals surface area (Å²) in [5.74, 6) is 3.51. The zero-order chi connectivity index (χ0) is 24.2. The molecule has 0 N–H and O–H groups in total. The van der Waals surface area contributed by atoms with Crippen LogP contribution >= 0.6 is 11.6 Å². The Bertz CT molecular complexity index is 1110. The Morgan fingerprint density at radius 2 is 1.88 bits per heavy atom. The maximum absolute atomic E-state index is 6.59. The minimum atomic E-state index is 0.460. The standard InChI is InChI=1S/C27H35ClN4O2/c1-6-13-31(16-23(22-11-12-22)21-9-7-20(8-10-21)17-33-4)27-29-19(3)32(30-27)25-14-18(2)26(34-5)15-24(25)28/h7-10,14-15,22-23H,6,11-13,16-17H2,1-5H3. The Kier molecular flexibility index (Phi) is 7.79. The lowest BCUT2D eigenvalue weighted by molar-refractivity contribution is 0.185. The molecule has 34 heavy (non-hydrogen) atoms. The van der Waals surface area contributed by atoms with Gasteiger partial charge in [0.25, 0.3) is 0 Å². The van der Waals surface area contributed by atoms with Crippen LogP contribution in [-0.4, -0.2) is 42.1 Å². The average Bonchev–Trinajstić information content (AvgIpc) is 3.60. The number of ether oxygens (including phenoxy) is 2. The Labute approximate surface area is 207 Å². The smallest absolute Gasteiger partial charge is 0.245 e. The van der Waals surface area contributed by atoms with Crippen LogP contribution in [0.1, 0.15) is 54.6 Å². The van der Waals surface area contributed by atoms with Crippen molar-refractivity contribution in [2.24, 2.45) is 5.92 Å². The van der Waals surface area contributed by atoms with Crippen LogP contribution in [0.25, 0.3) is 5.69 Å².